The maximum absolute atomic E-state index is 12.7. The maximum atomic E-state index is 12.7. The molecule has 24 heavy (non-hydrogen) atoms. The van der Waals surface area contributed by atoms with Crippen molar-refractivity contribution in [3.63, 3.8) is 0 Å². The smallest absolute Gasteiger partial charge is 0.254 e. The van der Waals surface area contributed by atoms with Gasteiger partial charge in [0.1, 0.15) is 6.04 Å². The molecule has 1 fully saturated rings. The van der Waals surface area contributed by atoms with E-state index < -0.39 is 6.04 Å². The second-order valence-electron chi connectivity index (χ2n) is 5.87. The molecule has 5 nitrogen and oxygen atoms in total. The van der Waals surface area contributed by atoms with Crippen molar-refractivity contribution < 1.29 is 9.59 Å². The molecular weight excluding hydrogens is 326 g/mol. The monoisotopic (exact) mass is 343 g/mol. The summed E-state index contributed by atoms with van der Waals surface area (Å²) in [6.07, 6.45) is 1.59. The van der Waals surface area contributed by atoms with Crippen LogP contribution in [0.5, 0.6) is 0 Å². The first-order chi connectivity index (χ1) is 11.5. The van der Waals surface area contributed by atoms with Crippen molar-refractivity contribution in [3.05, 3.63) is 53.2 Å². The number of hydrogen-bond acceptors (Lipinski definition) is 3. The normalized spacial score (nSPS) is 18.0. The third kappa shape index (κ3) is 3.12. The largest absolute Gasteiger partial charge is 0.342 e. The molecule has 0 spiro atoms. The number of benzene rings is 1. The summed E-state index contributed by atoms with van der Waals surface area (Å²) in [4.78, 5) is 32.3. The van der Waals surface area contributed by atoms with Crippen LogP contribution in [0.1, 0.15) is 17.3 Å². The molecule has 1 aliphatic heterocycles. The number of likely N-dealkylation sites (N-methyl/N-ethyl adjacent to an activating group) is 1. The Hall–Kier alpha value is -2.40. The van der Waals surface area contributed by atoms with E-state index >= 15 is 0 Å². The summed E-state index contributed by atoms with van der Waals surface area (Å²) in [6, 6.07) is 10.4. The number of hydrogen-bond donors (Lipinski definition) is 0. The molecule has 0 bridgehead atoms. The van der Waals surface area contributed by atoms with Gasteiger partial charge in [0.05, 0.1) is 10.7 Å². The second kappa shape index (κ2) is 6.61. The first kappa shape index (κ1) is 16.5. The summed E-state index contributed by atoms with van der Waals surface area (Å²) in [6.45, 7) is 2.87. The van der Waals surface area contributed by atoms with Crippen LogP contribution in [-0.2, 0) is 4.79 Å². The molecule has 2 amide bonds. The van der Waals surface area contributed by atoms with E-state index in [1.54, 1.807) is 48.2 Å². The van der Waals surface area contributed by atoms with Crippen molar-refractivity contribution >= 4 is 23.4 Å². The minimum absolute atomic E-state index is 0.0309. The average molecular weight is 344 g/mol. The summed E-state index contributed by atoms with van der Waals surface area (Å²) >= 11 is 5.84. The predicted molar refractivity (Wildman–Crippen MR) is 92.8 cm³/mol. The number of amides is 2. The van der Waals surface area contributed by atoms with E-state index in [-0.39, 0.29) is 11.8 Å². The van der Waals surface area contributed by atoms with Crippen LogP contribution in [0.25, 0.3) is 11.3 Å². The van der Waals surface area contributed by atoms with Crippen molar-refractivity contribution in [3.8, 4) is 11.3 Å². The number of carbonyl (C=O) groups excluding carboxylic acids is 2. The molecule has 0 radical (unpaired) electrons. The van der Waals surface area contributed by atoms with Gasteiger partial charge in [0, 0.05) is 37.5 Å². The van der Waals surface area contributed by atoms with E-state index in [2.05, 4.69) is 4.98 Å². The van der Waals surface area contributed by atoms with E-state index in [0.29, 0.717) is 23.7 Å². The zero-order valence-corrected chi connectivity index (χ0v) is 14.3. The van der Waals surface area contributed by atoms with Crippen LogP contribution in [0.4, 0.5) is 0 Å². The Kier molecular flexibility index (Phi) is 4.53. The van der Waals surface area contributed by atoms with Crippen molar-refractivity contribution in [1.29, 1.82) is 0 Å². The molecule has 1 aliphatic rings. The van der Waals surface area contributed by atoms with Gasteiger partial charge in [-0.2, -0.15) is 0 Å². The highest BCUT2D eigenvalue weighted by molar-refractivity contribution is 6.30. The van der Waals surface area contributed by atoms with Gasteiger partial charge in [-0.1, -0.05) is 23.7 Å². The highest BCUT2D eigenvalue weighted by atomic mass is 35.5. The lowest BCUT2D eigenvalue weighted by molar-refractivity contribution is -0.137. The Morgan fingerprint density at radius 2 is 1.88 bits per heavy atom. The molecule has 0 saturated carbocycles. The summed E-state index contributed by atoms with van der Waals surface area (Å²) < 4.78 is 0. The molecular formula is C18H18ClN3O2. The van der Waals surface area contributed by atoms with Crippen LogP contribution in [0.3, 0.4) is 0 Å². The molecule has 1 saturated heterocycles. The number of rotatable bonds is 2. The van der Waals surface area contributed by atoms with Gasteiger partial charge in [-0.3, -0.25) is 14.6 Å². The molecule has 0 unspecified atom stereocenters. The van der Waals surface area contributed by atoms with Gasteiger partial charge in [0.2, 0.25) is 5.91 Å². The zero-order chi connectivity index (χ0) is 17.3. The van der Waals surface area contributed by atoms with Gasteiger partial charge in [-0.25, -0.2) is 0 Å². The Balaban J connectivity index is 1.79. The van der Waals surface area contributed by atoms with Crippen LogP contribution in [-0.4, -0.2) is 52.8 Å². The number of pyridine rings is 1. The molecule has 1 aromatic carbocycles. The van der Waals surface area contributed by atoms with Crippen molar-refractivity contribution in [2.75, 3.05) is 20.1 Å². The Morgan fingerprint density at radius 3 is 2.50 bits per heavy atom. The molecule has 0 aliphatic carbocycles. The number of piperazine rings is 1. The fraction of sp³-hybridized carbons (Fsp3) is 0.278. The summed E-state index contributed by atoms with van der Waals surface area (Å²) in [5.74, 6) is -0.156. The molecule has 1 aromatic heterocycles. The van der Waals surface area contributed by atoms with Gasteiger partial charge in [-0.05, 0) is 31.2 Å². The van der Waals surface area contributed by atoms with E-state index in [9.17, 15) is 9.59 Å². The predicted octanol–water partition coefficient (Wildman–Crippen LogP) is 2.70. The number of carbonyl (C=O) groups is 2. The SMILES string of the molecule is C[C@H]1C(=O)N(C)CCN1C(=O)c1ccc(-c2ccc(Cl)cn2)cc1. The first-order valence-electron chi connectivity index (χ1n) is 7.75. The third-order valence-electron chi connectivity index (χ3n) is 4.29. The lowest BCUT2D eigenvalue weighted by atomic mass is 10.1. The number of aromatic nitrogens is 1. The van der Waals surface area contributed by atoms with Crippen LogP contribution >= 0.6 is 11.6 Å². The summed E-state index contributed by atoms with van der Waals surface area (Å²) in [5, 5.41) is 0.583. The Morgan fingerprint density at radius 1 is 1.17 bits per heavy atom. The van der Waals surface area contributed by atoms with E-state index in [1.165, 1.54) is 0 Å². The second-order valence-corrected chi connectivity index (χ2v) is 6.31. The van der Waals surface area contributed by atoms with Crippen molar-refractivity contribution in [1.82, 2.24) is 14.8 Å². The van der Waals surface area contributed by atoms with E-state index in [0.717, 1.165) is 11.3 Å². The summed E-state index contributed by atoms with van der Waals surface area (Å²) in [7, 11) is 1.76. The number of nitrogens with zero attached hydrogens (tertiary/aromatic N) is 3. The fourth-order valence-corrected chi connectivity index (χ4v) is 2.90. The van der Waals surface area contributed by atoms with Crippen molar-refractivity contribution in [2.24, 2.45) is 0 Å². The van der Waals surface area contributed by atoms with Crippen LogP contribution < -0.4 is 0 Å². The van der Waals surface area contributed by atoms with Gasteiger partial charge >= 0.3 is 0 Å². The highest BCUT2D eigenvalue weighted by Gasteiger charge is 2.32. The van der Waals surface area contributed by atoms with Crippen molar-refractivity contribution in [2.45, 2.75) is 13.0 Å². The minimum Gasteiger partial charge on any atom is -0.342 e. The average Bonchev–Trinajstić information content (AvgIpc) is 2.60. The van der Waals surface area contributed by atoms with Crippen LogP contribution in [0.2, 0.25) is 5.02 Å². The molecule has 6 heteroatoms. The molecule has 1 atom stereocenters. The van der Waals surface area contributed by atoms with E-state index in [1.807, 2.05) is 18.2 Å². The lowest BCUT2D eigenvalue weighted by Gasteiger charge is -2.37. The molecule has 2 heterocycles. The van der Waals surface area contributed by atoms with Gasteiger partial charge in [-0.15, -0.1) is 0 Å². The maximum Gasteiger partial charge on any atom is 0.254 e. The standard InChI is InChI=1S/C18H18ClN3O2/c1-12-17(23)21(2)9-10-22(12)18(24)14-5-3-13(4-6-14)16-8-7-15(19)11-20-16/h3-8,11-12H,9-10H2,1-2H3/t12-/m0/s1. The molecule has 124 valence electrons. The Labute approximate surface area is 145 Å². The fourth-order valence-electron chi connectivity index (χ4n) is 2.79. The topological polar surface area (TPSA) is 53.5 Å². The van der Waals surface area contributed by atoms with Crippen LogP contribution in [0.15, 0.2) is 42.6 Å². The molecule has 0 N–H and O–H groups in total. The van der Waals surface area contributed by atoms with Crippen LogP contribution in [0, 0.1) is 0 Å². The quantitative estimate of drug-likeness (QED) is 0.842. The van der Waals surface area contributed by atoms with Gasteiger partial charge in [0.15, 0.2) is 0 Å². The molecule has 2 aromatic rings. The number of halogens is 1. The van der Waals surface area contributed by atoms with Gasteiger partial charge < -0.3 is 9.80 Å². The summed E-state index contributed by atoms with van der Waals surface area (Å²) in [5.41, 5.74) is 2.27. The highest BCUT2D eigenvalue weighted by Crippen LogP contribution is 2.21. The van der Waals surface area contributed by atoms with Gasteiger partial charge in [0.25, 0.3) is 5.91 Å². The van der Waals surface area contributed by atoms with E-state index in [4.69, 9.17) is 11.6 Å². The minimum atomic E-state index is -0.436. The molecule has 3 rings (SSSR count). The third-order valence-corrected chi connectivity index (χ3v) is 4.52. The Bertz CT molecular complexity index is 759. The zero-order valence-electron chi connectivity index (χ0n) is 13.6. The lowest BCUT2D eigenvalue weighted by Crippen LogP contribution is -2.56. The first-order valence-corrected chi connectivity index (χ1v) is 8.13.